The van der Waals surface area contributed by atoms with Crippen molar-refractivity contribution in [3.8, 4) is 5.88 Å². The van der Waals surface area contributed by atoms with E-state index in [9.17, 15) is 12.8 Å². The van der Waals surface area contributed by atoms with E-state index in [1.54, 1.807) is 12.1 Å². The van der Waals surface area contributed by atoms with Gasteiger partial charge in [-0.25, -0.2) is 27.5 Å². The molecule has 2 heterocycles. The van der Waals surface area contributed by atoms with Gasteiger partial charge >= 0.3 is 0 Å². The molecule has 0 bridgehead atoms. The summed E-state index contributed by atoms with van der Waals surface area (Å²) in [4.78, 5) is 7.47. The molecule has 0 saturated carbocycles. The van der Waals surface area contributed by atoms with Crippen molar-refractivity contribution in [2.24, 2.45) is 0 Å². The van der Waals surface area contributed by atoms with Crippen LogP contribution in [0.4, 0.5) is 4.39 Å². The number of pyridine rings is 2. The highest BCUT2D eigenvalue weighted by molar-refractivity contribution is 7.89. The Morgan fingerprint density at radius 1 is 1.25 bits per heavy atom. The Kier molecular flexibility index (Phi) is 4.26. The van der Waals surface area contributed by atoms with Crippen LogP contribution in [0.2, 0.25) is 0 Å². The molecule has 0 unspecified atom stereocenters. The molecule has 0 aliphatic heterocycles. The Hall–Kier alpha value is -2.06. The van der Waals surface area contributed by atoms with Crippen LogP contribution >= 0.6 is 0 Å². The molecule has 2 aromatic heterocycles. The lowest BCUT2D eigenvalue weighted by molar-refractivity contribution is 0.392. The topological polar surface area (TPSA) is 81.2 Å². The highest BCUT2D eigenvalue weighted by atomic mass is 32.2. The molecule has 0 atom stereocenters. The summed E-state index contributed by atoms with van der Waals surface area (Å²) in [6.45, 7) is -0.0740. The molecule has 0 fully saturated rings. The van der Waals surface area contributed by atoms with Gasteiger partial charge in [0.15, 0.2) is 5.82 Å². The molecule has 0 saturated heterocycles. The van der Waals surface area contributed by atoms with Crippen molar-refractivity contribution in [2.45, 2.75) is 11.6 Å². The van der Waals surface area contributed by atoms with Gasteiger partial charge in [0.05, 0.1) is 7.11 Å². The Morgan fingerprint density at radius 2 is 1.95 bits per heavy atom. The predicted molar refractivity (Wildman–Crippen MR) is 69.0 cm³/mol. The van der Waals surface area contributed by atoms with Crippen LogP contribution in [0.5, 0.6) is 5.88 Å². The van der Waals surface area contributed by atoms with E-state index < -0.39 is 20.9 Å². The number of hydrogen-bond acceptors (Lipinski definition) is 5. The normalized spacial score (nSPS) is 11.3. The average Bonchev–Trinajstić information content (AvgIpc) is 2.46. The Balaban J connectivity index is 2.20. The summed E-state index contributed by atoms with van der Waals surface area (Å²) in [5.74, 6) is -0.602. The number of rotatable bonds is 5. The molecule has 0 radical (unpaired) electrons. The van der Waals surface area contributed by atoms with E-state index in [1.807, 2.05) is 0 Å². The molecule has 8 heteroatoms. The van der Waals surface area contributed by atoms with Gasteiger partial charge in [0.2, 0.25) is 10.9 Å². The van der Waals surface area contributed by atoms with Crippen molar-refractivity contribution in [1.29, 1.82) is 0 Å². The molecule has 2 rings (SSSR count). The number of aromatic nitrogens is 2. The van der Waals surface area contributed by atoms with E-state index >= 15 is 0 Å². The average molecular weight is 297 g/mol. The molecule has 2 aromatic rings. The zero-order valence-corrected chi connectivity index (χ0v) is 11.4. The second-order valence-corrected chi connectivity index (χ2v) is 5.47. The summed E-state index contributed by atoms with van der Waals surface area (Å²) in [5.41, 5.74) is 0.537. The minimum atomic E-state index is -4.03. The van der Waals surface area contributed by atoms with Crippen molar-refractivity contribution < 1.29 is 17.5 Å². The number of hydrogen-bond donors (Lipinski definition) is 1. The summed E-state index contributed by atoms with van der Waals surface area (Å²) in [6, 6.07) is 5.65. The van der Waals surface area contributed by atoms with E-state index in [0.717, 1.165) is 6.07 Å². The SMILES string of the molecule is COc1ncccc1CNS(=O)(=O)c1ncccc1F. The first-order valence-corrected chi connectivity index (χ1v) is 7.11. The van der Waals surface area contributed by atoms with Crippen molar-refractivity contribution >= 4 is 10.0 Å². The first-order chi connectivity index (χ1) is 9.54. The maximum absolute atomic E-state index is 13.4. The lowest BCUT2D eigenvalue weighted by Crippen LogP contribution is -2.25. The van der Waals surface area contributed by atoms with Gasteiger partial charge in [-0.1, -0.05) is 6.07 Å². The molecular formula is C12H12FN3O3S. The summed E-state index contributed by atoms with van der Waals surface area (Å²) >= 11 is 0. The smallest absolute Gasteiger partial charge is 0.261 e. The molecule has 0 aromatic carbocycles. The van der Waals surface area contributed by atoms with Crippen molar-refractivity contribution in [1.82, 2.24) is 14.7 Å². The maximum Gasteiger partial charge on any atom is 0.261 e. The molecule has 20 heavy (non-hydrogen) atoms. The first kappa shape index (κ1) is 14.4. The third-order valence-electron chi connectivity index (χ3n) is 2.48. The molecule has 0 aliphatic rings. The minimum absolute atomic E-state index is 0.0740. The zero-order chi connectivity index (χ0) is 14.6. The second kappa shape index (κ2) is 5.93. The van der Waals surface area contributed by atoms with E-state index in [2.05, 4.69) is 14.7 Å². The van der Waals surface area contributed by atoms with Crippen molar-refractivity contribution in [3.63, 3.8) is 0 Å². The van der Waals surface area contributed by atoms with E-state index in [1.165, 1.54) is 25.6 Å². The molecule has 0 spiro atoms. The van der Waals surface area contributed by atoms with Gasteiger partial charge in [0, 0.05) is 24.5 Å². The lowest BCUT2D eigenvalue weighted by atomic mass is 10.3. The highest BCUT2D eigenvalue weighted by Gasteiger charge is 2.20. The molecule has 0 aliphatic carbocycles. The third-order valence-corrected chi connectivity index (χ3v) is 3.81. The van der Waals surface area contributed by atoms with Gasteiger partial charge in [-0.3, -0.25) is 0 Å². The molecule has 0 amide bonds. The van der Waals surface area contributed by atoms with Crippen LogP contribution in [0.15, 0.2) is 41.7 Å². The van der Waals surface area contributed by atoms with E-state index in [-0.39, 0.29) is 6.54 Å². The lowest BCUT2D eigenvalue weighted by Gasteiger charge is -2.09. The van der Waals surface area contributed by atoms with Crippen LogP contribution in [0, 0.1) is 5.82 Å². The number of ether oxygens (including phenoxy) is 1. The van der Waals surface area contributed by atoms with Crippen LogP contribution in [0.25, 0.3) is 0 Å². The van der Waals surface area contributed by atoms with Gasteiger partial charge in [0.25, 0.3) is 10.0 Å². The fraction of sp³-hybridized carbons (Fsp3) is 0.167. The number of sulfonamides is 1. The number of halogens is 1. The summed E-state index contributed by atoms with van der Waals surface area (Å²) in [7, 11) is -2.60. The third kappa shape index (κ3) is 3.09. The zero-order valence-electron chi connectivity index (χ0n) is 10.6. The summed E-state index contributed by atoms with van der Waals surface area (Å²) < 4.78 is 44.6. The molecule has 106 valence electrons. The van der Waals surface area contributed by atoms with E-state index in [4.69, 9.17) is 4.74 Å². The fourth-order valence-electron chi connectivity index (χ4n) is 1.55. The largest absolute Gasteiger partial charge is 0.481 e. The van der Waals surface area contributed by atoms with Gasteiger partial charge in [-0.15, -0.1) is 0 Å². The summed E-state index contributed by atoms with van der Waals surface area (Å²) in [5, 5.41) is -0.636. The van der Waals surface area contributed by atoms with E-state index in [0.29, 0.717) is 11.4 Å². The fourth-order valence-corrected chi connectivity index (χ4v) is 2.56. The highest BCUT2D eigenvalue weighted by Crippen LogP contribution is 2.15. The van der Waals surface area contributed by atoms with Crippen LogP contribution in [-0.4, -0.2) is 25.5 Å². The minimum Gasteiger partial charge on any atom is -0.481 e. The van der Waals surface area contributed by atoms with Gasteiger partial charge in [-0.2, -0.15) is 0 Å². The summed E-state index contributed by atoms with van der Waals surface area (Å²) in [6.07, 6.45) is 2.73. The van der Waals surface area contributed by atoms with Gasteiger partial charge < -0.3 is 4.74 Å². The Morgan fingerprint density at radius 3 is 2.65 bits per heavy atom. The van der Waals surface area contributed by atoms with Gasteiger partial charge in [0.1, 0.15) is 0 Å². The standard InChI is InChI=1S/C12H12FN3O3S/c1-19-11-9(4-2-6-14-11)8-16-20(17,18)12-10(13)5-3-7-15-12/h2-7,16H,8H2,1H3. The number of nitrogens with one attached hydrogen (secondary N) is 1. The van der Waals surface area contributed by atoms with Crippen LogP contribution in [-0.2, 0) is 16.6 Å². The maximum atomic E-state index is 13.4. The van der Waals surface area contributed by atoms with Crippen molar-refractivity contribution in [2.75, 3.05) is 7.11 Å². The number of nitrogens with zero attached hydrogens (tertiary/aromatic N) is 2. The first-order valence-electron chi connectivity index (χ1n) is 5.62. The monoisotopic (exact) mass is 297 g/mol. The number of methoxy groups -OCH3 is 1. The van der Waals surface area contributed by atoms with Crippen LogP contribution in [0.3, 0.4) is 0 Å². The van der Waals surface area contributed by atoms with Gasteiger partial charge in [-0.05, 0) is 18.2 Å². The molecular weight excluding hydrogens is 285 g/mol. The second-order valence-electron chi connectivity index (χ2n) is 3.79. The Labute approximate surface area is 115 Å². The quantitative estimate of drug-likeness (QED) is 0.894. The van der Waals surface area contributed by atoms with Crippen molar-refractivity contribution in [3.05, 3.63) is 48.0 Å². The predicted octanol–water partition coefficient (Wildman–Crippen LogP) is 1.10. The van der Waals surface area contributed by atoms with Crippen LogP contribution < -0.4 is 9.46 Å². The molecule has 6 nitrogen and oxygen atoms in total. The van der Waals surface area contributed by atoms with Crippen LogP contribution in [0.1, 0.15) is 5.56 Å². The molecule has 1 N–H and O–H groups in total. The Bertz CT molecular complexity index is 707.